The molecule has 0 radical (unpaired) electrons. The molecule has 1 aromatic rings. The third-order valence-corrected chi connectivity index (χ3v) is 3.54. The maximum Gasteiger partial charge on any atom is 0.119 e. The molecule has 2 rings (SSSR count). The number of ether oxygens (including phenoxy) is 1. The maximum atomic E-state index is 8.68. The molecule has 17 heavy (non-hydrogen) atoms. The van der Waals surface area contributed by atoms with E-state index in [0.717, 1.165) is 18.6 Å². The fourth-order valence-corrected chi connectivity index (χ4v) is 2.52. The Labute approximate surface area is 103 Å². The summed E-state index contributed by atoms with van der Waals surface area (Å²) in [5.41, 5.74) is 7.51. The zero-order valence-electron chi connectivity index (χ0n) is 10.2. The summed E-state index contributed by atoms with van der Waals surface area (Å²) in [6.07, 6.45) is 5.89. The van der Waals surface area contributed by atoms with Gasteiger partial charge in [-0.05, 0) is 30.5 Å². The van der Waals surface area contributed by atoms with Crippen LogP contribution >= 0.6 is 0 Å². The summed E-state index contributed by atoms with van der Waals surface area (Å²) >= 11 is 0. The fourth-order valence-electron chi connectivity index (χ4n) is 2.52. The Hall–Kier alpha value is -1.06. The van der Waals surface area contributed by atoms with Gasteiger partial charge in [-0.3, -0.25) is 0 Å². The van der Waals surface area contributed by atoms with Gasteiger partial charge in [-0.15, -0.1) is 0 Å². The summed E-state index contributed by atoms with van der Waals surface area (Å²) in [5.74, 6) is 0.794. The van der Waals surface area contributed by atoms with E-state index in [1.807, 2.05) is 12.1 Å². The lowest BCUT2D eigenvalue weighted by Gasteiger charge is -2.34. The van der Waals surface area contributed by atoms with Crippen molar-refractivity contribution in [2.75, 3.05) is 13.2 Å². The first-order chi connectivity index (χ1) is 8.24. The van der Waals surface area contributed by atoms with Crippen molar-refractivity contribution in [3.8, 4) is 5.75 Å². The molecule has 1 aliphatic rings. The quantitative estimate of drug-likeness (QED) is 0.841. The number of hydrogen-bond acceptors (Lipinski definition) is 3. The smallest absolute Gasteiger partial charge is 0.119 e. The molecule has 0 atom stereocenters. The number of aliphatic hydroxyl groups is 1. The Balaban J connectivity index is 2.06. The molecule has 3 nitrogen and oxygen atoms in total. The van der Waals surface area contributed by atoms with E-state index in [1.54, 1.807) is 0 Å². The zero-order valence-corrected chi connectivity index (χ0v) is 10.2. The number of nitrogens with two attached hydrogens (primary N) is 1. The van der Waals surface area contributed by atoms with Gasteiger partial charge < -0.3 is 15.6 Å². The normalized spacial score (nSPS) is 18.9. The van der Waals surface area contributed by atoms with E-state index in [-0.39, 0.29) is 12.1 Å². The van der Waals surface area contributed by atoms with Gasteiger partial charge in [-0.2, -0.15) is 0 Å². The van der Waals surface area contributed by atoms with Crippen LogP contribution in [0.1, 0.15) is 37.7 Å². The molecule has 0 spiro atoms. The van der Waals surface area contributed by atoms with Gasteiger partial charge in [-0.25, -0.2) is 0 Å². The maximum absolute atomic E-state index is 8.68. The van der Waals surface area contributed by atoms with E-state index in [0.29, 0.717) is 6.61 Å². The van der Waals surface area contributed by atoms with Crippen LogP contribution in [-0.2, 0) is 5.54 Å². The predicted octanol–water partition coefficient (Wildman–Crippen LogP) is 2.18. The van der Waals surface area contributed by atoms with Crippen LogP contribution in [0.3, 0.4) is 0 Å². The average molecular weight is 235 g/mol. The van der Waals surface area contributed by atoms with Gasteiger partial charge >= 0.3 is 0 Å². The minimum Gasteiger partial charge on any atom is -0.491 e. The van der Waals surface area contributed by atoms with Crippen molar-refractivity contribution in [1.82, 2.24) is 0 Å². The second-order valence-corrected chi connectivity index (χ2v) is 4.81. The van der Waals surface area contributed by atoms with E-state index in [1.165, 1.54) is 24.8 Å². The van der Waals surface area contributed by atoms with Crippen LogP contribution < -0.4 is 10.5 Å². The van der Waals surface area contributed by atoms with Crippen LogP contribution in [0.5, 0.6) is 5.75 Å². The highest BCUT2D eigenvalue weighted by molar-refractivity contribution is 5.32. The summed E-state index contributed by atoms with van der Waals surface area (Å²) in [6, 6.07) is 7.98. The van der Waals surface area contributed by atoms with Crippen LogP contribution in [0.25, 0.3) is 0 Å². The molecule has 0 heterocycles. The lowest BCUT2D eigenvalue weighted by Crippen LogP contribution is -2.38. The third-order valence-electron chi connectivity index (χ3n) is 3.54. The van der Waals surface area contributed by atoms with Gasteiger partial charge in [0.15, 0.2) is 0 Å². The molecule has 0 amide bonds. The van der Waals surface area contributed by atoms with Crippen molar-refractivity contribution in [2.45, 2.75) is 37.6 Å². The Morgan fingerprint density at radius 3 is 2.35 bits per heavy atom. The second kappa shape index (κ2) is 5.52. The van der Waals surface area contributed by atoms with Gasteiger partial charge in [0.1, 0.15) is 12.4 Å². The van der Waals surface area contributed by atoms with Crippen molar-refractivity contribution >= 4 is 0 Å². The standard InChI is InChI=1S/C14H21NO2/c15-14(8-2-1-3-9-14)12-4-6-13(7-5-12)17-11-10-16/h4-7,16H,1-3,8-11,15H2. The van der Waals surface area contributed by atoms with Gasteiger partial charge in [0.2, 0.25) is 0 Å². The Morgan fingerprint density at radius 1 is 1.12 bits per heavy atom. The Bertz CT molecular complexity index is 342. The van der Waals surface area contributed by atoms with Crippen molar-refractivity contribution in [3.63, 3.8) is 0 Å². The molecule has 0 unspecified atom stereocenters. The molecule has 3 heteroatoms. The largest absolute Gasteiger partial charge is 0.491 e. The molecule has 1 aromatic carbocycles. The van der Waals surface area contributed by atoms with E-state index in [9.17, 15) is 0 Å². The summed E-state index contributed by atoms with van der Waals surface area (Å²) in [5, 5.41) is 8.68. The molecule has 0 aromatic heterocycles. The van der Waals surface area contributed by atoms with Crippen LogP contribution in [0, 0.1) is 0 Å². The molecule has 94 valence electrons. The molecule has 0 aliphatic heterocycles. The van der Waals surface area contributed by atoms with Gasteiger partial charge in [0, 0.05) is 5.54 Å². The molecule has 0 bridgehead atoms. The molecule has 3 N–H and O–H groups in total. The fraction of sp³-hybridized carbons (Fsp3) is 0.571. The first-order valence-corrected chi connectivity index (χ1v) is 6.38. The summed E-state index contributed by atoms with van der Waals surface area (Å²) < 4.78 is 5.34. The van der Waals surface area contributed by atoms with Crippen LogP contribution in [0.2, 0.25) is 0 Å². The Morgan fingerprint density at radius 2 is 1.76 bits per heavy atom. The Kier molecular flexibility index (Phi) is 4.02. The molecule has 1 saturated carbocycles. The zero-order chi connectivity index (χ0) is 12.1. The minimum atomic E-state index is -0.145. The number of rotatable bonds is 4. The van der Waals surface area contributed by atoms with E-state index < -0.39 is 0 Å². The molecular formula is C14H21NO2. The predicted molar refractivity (Wildman–Crippen MR) is 68.0 cm³/mol. The minimum absolute atomic E-state index is 0.0442. The molecule has 1 fully saturated rings. The summed E-state index contributed by atoms with van der Waals surface area (Å²) in [7, 11) is 0. The third kappa shape index (κ3) is 2.99. The van der Waals surface area contributed by atoms with Crippen molar-refractivity contribution in [3.05, 3.63) is 29.8 Å². The summed E-state index contributed by atoms with van der Waals surface area (Å²) in [6.45, 7) is 0.385. The van der Waals surface area contributed by atoms with Crippen molar-refractivity contribution < 1.29 is 9.84 Å². The van der Waals surface area contributed by atoms with E-state index >= 15 is 0 Å². The first-order valence-electron chi connectivity index (χ1n) is 6.38. The van der Waals surface area contributed by atoms with Crippen molar-refractivity contribution in [2.24, 2.45) is 5.73 Å². The topological polar surface area (TPSA) is 55.5 Å². The van der Waals surface area contributed by atoms with Gasteiger partial charge in [-0.1, -0.05) is 31.4 Å². The molecule has 1 aliphatic carbocycles. The number of hydrogen-bond donors (Lipinski definition) is 2. The highest BCUT2D eigenvalue weighted by atomic mass is 16.5. The average Bonchev–Trinajstić information content (AvgIpc) is 2.38. The monoisotopic (exact) mass is 235 g/mol. The van der Waals surface area contributed by atoms with Crippen LogP contribution in [0.15, 0.2) is 24.3 Å². The molecule has 0 saturated heterocycles. The van der Waals surface area contributed by atoms with E-state index in [4.69, 9.17) is 15.6 Å². The number of aliphatic hydroxyl groups excluding tert-OH is 1. The second-order valence-electron chi connectivity index (χ2n) is 4.81. The lowest BCUT2D eigenvalue weighted by atomic mass is 9.77. The van der Waals surface area contributed by atoms with Crippen molar-refractivity contribution in [1.29, 1.82) is 0 Å². The van der Waals surface area contributed by atoms with Crippen LogP contribution in [0.4, 0.5) is 0 Å². The lowest BCUT2D eigenvalue weighted by molar-refractivity contribution is 0.201. The number of benzene rings is 1. The van der Waals surface area contributed by atoms with Gasteiger partial charge in [0.25, 0.3) is 0 Å². The van der Waals surface area contributed by atoms with Gasteiger partial charge in [0.05, 0.1) is 6.61 Å². The highest BCUT2D eigenvalue weighted by Crippen LogP contribution is 2.35. The highest BCUT2D eigenvalue weighted by Gasteiger charge is 2.29. The summed E-state index contributed by atoms with van der Waals surface area (Å²) in [4.78, 5) is 0. The van der Waals surface area contributed by atoms with E-state index in [2.05, 4.69) is 12.1 Å². The first kappa shape index (κ1) is 12.4. The van der Waals surface area contributed by atoms with Crippen LogP contribution in [-0.4, -0.2) is 18.3 Å². The molecular weight excluding hydrogens is 214 g/mol. The SMILES string of the molecule is NC1(c2ccc(OCCO)cc2)CCCCC1.